The zero-order chi connectivity index (χ0) is 27.0. The number of hydrogen-bond acceptors (Lipinski definition) is 7. The minimum atomic E-state index is -0.762. The molecule has 1 aliphatic heterocycles. The zero-order valence-corrected chi connectivity index (χ0v) is 22.1. The van der Waals surface area contributed by atoms with E-state index in [2.05, 4.69) is 4.98 Å². The van der Waals surface area contributed by atoms with Crippen LogP contribution in [0, 0.1) is 5.82 Å². The molecule has 0 spiro atoms. The van der Waals surface area contributed by atoms with Gasteiger partial charge in [0, 0.05) is 6.20 Å². The number of halogens is 1. The topological polar surface area (TPSA) is 88.6 Å². The average Bonchev–Trinajstić information content (AvgIpc) is 3.31. The second-order valence-corrected chi connectivity index (χ2v) is 10.6. The van der Waals surface area contributed by atoms with Gasteiger partial charge in [-0.15, -0.1) is 11.8 Å². The van der Waals surface area contributed by atoms with Crippen molar-refractivity contribution in [3.63, 3.8) is 0 Å². The number of thioether (sulfide) groups is 1. The fourth-order valence-electron chi connectivity index (χ4n) is 4.49. The van der Waals surface area contributed by atoms with Crippen LogP contribution in [0.15, 0.2) is 102 Å². The van der Waals surface area contributed by atoms with Crippen molar-refractivity contribution in [3.8, 4) is 0 Å². The van der Waals surface area contributed by atoms with E-state index in [1.54, 1.807) is 0 Å². The minimum Gasteiger partial charge on any atom is -0.381 e. The molecule has 2 heterocycles. The van der Waals surface area contributed by atoms with Crippen molar-refractivity contribution >= 4 is 17.6 Å². The maximum atomic E-state index is 14.5. The Hall–Kier alpha value is -3.50. The maximum absolute atomic E-state index is 14.5. The lowest BCUT2D eigenvalue weighted by Crippen LogP contribution is -2.40. The summed E-state index contributed by atoms with van der Waals surface area (Å²) in [6, 6.07) is 29.5. The Labute approximate surface area is 230 Å². The van der Waals surface area contributed by atoms with E-state index in [0.29, 0.717) is 26.4 Å². The van der Waals surface area contributed by atoms with E-state index < -0.39 is 34.9 Å². The van der Waals surface area contributed by atoms with Crippen LogP contribution >= 0.6 is 11.8 Å². The number of anilines is 1. The van der Waals surface area contributed by atoms with Crippen molar-refractivity contribution in [3.05, 3.63) is 130 Å². The van der Waals surface area contributed by atoms with Gasteiger partial charge in [-0.05, 0) is 16.7 Å². The van der Waals surface area contributed by atoms with Gasteiger partial charge < -0.3 is 19.9 Å². The lowest BCUT2D eigenvalue weighted by atomic mass is 10.1. The van der Waals surface area contributed by atoms with Crippen LogP contribution in [0.2, 0.25) is 0 Å². The van der Waals surface area contributed by atoms with Crippen LogP contribution < -0.4 is 11.4 Å². The first-order chi connectivity index (χ1) is 19.1. The van der Waals surface area contributed by atoms with Crippen molar-refractivity contribution in [2.24, 2.45) is 0 Å². The van der Waals surface area contributed by atoms with Gasteiger partial charge in [0.15, 0.2) is 11.6 Å². The van der Waals surface area contributed by atoms with Crippen LogP contribution in [-0.4, -0.2) is 33.6 Å². The molecule has 39 heavy (non-hydrogen) atoms. The summed E-state index contributed by atoms with van der Waals surface area (Å²) in [5, 5.41) is -0.800. The van der Waals surface area contributed by atoms with E-state index >= 15 is 0 Å². The molecular formula is C30H30FN3O4S. The molecule has 0 unspecified atom stereocenters. The van der Waals surface area contributed by atoms with Crippen LogP contribution in [-0.2, 0) is 34.0 Å². The Morgan fingerprint density at radius 3 is 1.87 bits per heavy atom. The van der Waals surface area contributed by atoms with Crippen molar-refractivity contribution in [1.29, 1.82) is 0 Å². The highest BCUT2D eigenvalue weighted by atomic mass is 32.2. The second-order valence-electron chi connectivity index (χ2n) is 9.25. The molecule has 0 aliphatic carbocycles. The Kier molecular flexibility index (Phi) is 9.05. The van der Waals surface area contributed by atoms with Crippen molar-refractivity contribution in [2.45, 2.75) is 42.7 Å². The highest BCUT2D eigenvalue weighted by molar-refractivity contribution is 8.00. The van der Waals surface area contributed by atoms with Gasteiger partial charge in [0.25, 0.3) is 0 Å². The van der Waals surface area contributed by atoms with Gasteiger partial charge >= 0.3 is 5.69 Å². The number of hydrogen-bond donors (Lipinski definition) is 1. The molecular weight excluding hydrogens is 517 g/mol. The predicted octanol–water partition coefficient (Wildman–Crippen LogP) is 4.97. The van der Waals surface area contributed by atoms with Gasteiger partial charge in [0.05, 0.1) is 31.7 Å². The maximum Gasteiger partial charge on any atom is 0.350 e. The minimum absolute atomic E-state index is 0.198. The predicted molar refractivity (Wildman–Crippen MR) is 149 cm³/mol. The van der Waals surface area contributed by atoms with Crippen LogP contribution in [0.4, 0.5) is 10.2 Å². The van der Waals surface area contributed by atoms with Crippen LogP contribution in [0.3, 0.4) is 0 Å². The summed E-state index contributed by atoms with van der Waals surface area (Å²) in [6.45, 7) is 1.43. The molecule has 0 saturated carbocycles. The third-order valence-electron chi connectivity index (χ3n) is 6.46. The first kappa shape index (κ1) is 27.1. The van der Waals surface area contributed by atoms with Crippen LogP contribution in [0.5, 0.6) is 0 Å². The summed E-state index contributed by atoms with van der Waals surface area (Å²) in [5.74, 6) is -1.19. The lowest BCUT2D eigenvalue weighted by molar-refractivity contribution is -0.0920. The van der Waals surface area contributed by atoms with Gasteiger partial charge in [-0.25, -0.2) is 9.18 Å². The molecule has 5 rings (SSSR count). The molecule has 1 saturated heterocycles. The van der Waals surface area contributed by atoms with Crippen molar-refractivity contribution < 1.29 is 18.6 Å². The fourth-order valence-corrected chi connectivity index (χ4v) is 6.08. The summed E-state index contributed by atoms with van der Waals surface area (Å²) >= 11 is 1.45. The molecule has 4 atom stereocenters. The number of nitrogen functional groups attached to an aromatic ring is 1. The van der Waals surface area contributed by atoms with E-state index in [4.69, 9.17) is 19.9 Å². The first-order valence-corrected chi connectivity index (χ1v) is 13.6. The van der Waals surface area contributed by atoms with E-state index in [-0.39, 0.29) is 5.25 Å². The third kappa shape index (κ3) is 6.93. The summed E-state index contributed by atoms with van der Waals surface area (Å²) in [5.41, 5.74) is 7.95. The molecule has 1 aliphatic rings. The Balaban J connectivity index is 1.42. The highest BCUT2D eigenvalue weighted by Gasteiger charge is 2.47. The fraction of sp³-hybridized carbons (Fsp3) is 0.267. The van der Waals surface area contributed by atoms with E-state index in [1.165, 1.54) is 16.3 Å². The second kappa shape index (κ2) is 13.0. The summed E-state index contributed by atoms with van der Waals surface area (Å²) < 4.78 is 34.7. The number of rotatable bonds is 11. The Morgan fingerprint density at radius 2 is 1.31 bits per heavy atom. The highest BCUT2D eigenvalue weighted by Crippen LogP contribution is 2.45. The van der Waals surface area contributed by atoms with Crippen LogP contribution in [0.25, 0.3) is 0 Å². The van der Waals surface area contributed by atoms with Gasteiger partial charge in [-0.2, -0.15) is 4.98 Å². The van der Waals surface area contributed by atoms with E-state index in [0.717, 1.165) is 22.9 Å². The first-order valence-electron chi connectivity index (χ1n) is 12.7. The average molecular weight is 548 g/mol. The Bertz CT molecular complexity index is 1390. The normalized spacial score (nSPS) is 20.7. The smallest absolute Gasteiger partial charge is 0.350 e. The molecule has 7 nitrogen and oxygen atoms in total. The number of nitrogens with two attached hydrogens (primary N) is 1. The number of aromatic nitrogens is 2. The number of ether oxygens (including phenoxy) is 3. The van der Waals surface area contributed by atoms with Gasteiger partial charge in [0.2, 0.25) is 0 Å². The zero-order valence-electron chi connectivity index (χ0n) is 21.3. The van der Waals surface area contributed by atoms with Crippen molar-refractivity contribution in [2.75, 3.05) is 12.3 Å². The molecule has 0 radical (unpaired) electrons. The van der Waals surface area contributed by atoms with Crippen LogP contribution in [0.1, 0.15) is 22.1 Å². The quantitative estimate of drug-likeness (QED) is 0.284. The molecule has 2 N–H and O–H groups in total. The Morgan fingerprint density at radius 1 is 0.795 bits per heavy atom. The molecule has 0 amide bonds. The summed E-state index contributed by atoms with van der Waals surface area (Å²) in [6.07, 6.45) is 0.0573. The van der Waals surface area contributed by atoms with E-state index in [9.17, 15) is 9.18 Å². The molecule has 4 aromatic rings. The van der Waals surface area contributed by atoms with Gasteiger partial charge in [-0.3, -0.25) is 4.57 Å². The molecule has 3 aromatic carbocycles. The molecule has 1 aromatic heterocycles. The SMILES string of the molecule is Nc1nc(=O)n([C@H]2S[C@@H](COCc3ccccc3)[C@@H](OCc3ccccc3)[C@@H]2OCc2ccccc2)cc1F. The van der Waals surface area contributed by atoms with E-state index in [1.807, 2.05) is 91.0 Å². The standard InChI is InChI=1S/C30H30FN3O4S/c31-24-16-34(30(35)33-28(24)32)29-27(38-19-23-14-8-3-9-15-23)26(37-18-22-12-6-2-7-13-22)25(39-29)20-36-17-21-10-4-1-5-11-21/h1-16,25-27,29H,17-20H2,(H2,32,33,35)/t25-,26+,27-,29-/m0/s1. The number of nitrogens with zero attached hydrogens (tertiary/aromatic N) is 2. The summed E-state index contributed by atoms with van der Waals surface area (Å²) in [4.78, 5) is 16.5. The van der Waals surface area contributed by atoms with Crippen molar-refractivity contribution in [1.82, 2.24) is 9.55 Å². The van der Waals surface area contributed by atoms with Gasteiger partial charge in [-0.1, -0.05) is 91.0 Å². The lowest BCUT2D eigenvalue weighted by Gasteiger charge is -2.27. The molecule has 1 fully saturated rings. The molecule has 202 valence electrons. The third-order valence-corrected chi connectivity index (χ3v) is 7.99. The monoisotopic (exact) mass is 547 g/mol. The largest absolute Gasteiger partial charge is 0.381 e. The molecule has 0 bridgehead atoms. The van der Waals surface area contributed by atoms with Gasteiger partial charge in [0.1, 0.15) is 17.6 Å². The summed E-state index contributed by atoms with van der Waals surface area (Å²) in [7, 11) is 0. The molecule has 9 heteroatoms. The number of benzene rings is 3.